The second-order valence-corrected chi connectivity index (χ2v) is 4.55. The van der Waals surface area contributed by atoms with Crippen molar-refractivity contribution in [2.75, 3.05) is 13.1 Å². The second kappa shape index (κ2) is 6.70. The van der Waals surface area contributed by atoms with Gasteiger partial charge < -0.3 is 5.32 Å². The normalized spacial score (nSPS) is 13.3. The molecule has 1 N–H and O–H groups in total. The van der Waals surface area contributed by atoms with Crippen LogP contribution in [-0.2, 0) is 17.4 Å². The molecule has 1 aromatic carbocycles. The molecule has 1 rings (SSSR count). The standard InChI is InChI=1S/C14H18F3NO/c1-3-18-9-10(2)13(19)8-11-4-6-12(7-5-11)14(15,16)17/h4-7,10,18H,3,8-9H2,1-2H3. The van der Waals surface area contributed by atoms with E-state index in [1.165, 1.54) is 12.1 Å². The molecule has 106 valence electrons. The molecule has 19 heavy (non-hydrogen) atoms. The zero-order valence-corrected chi connectivity index (χ0v) is 11.1. The summed E-state index contributed by atoms with van der Waals surface area (Å²) in [7, 11) is 0. The number of hydrogen-bond donors (Lipinski definition) is 1. The van der Waals surface area contributed by atoms with E-state index in [9.17, 15) is 18.0 Å². The Kier molecular flexibility index (Phi) is 5.54. The van der Waals surface area contributed by atoms with Crippen molar-refractivity contribution in [1.29, 1.82) is 0 Å². The molecular formula is C14H18F3NO. The molecule has 0 amide bonds. The van der Waals surface area contributed by atoms with Crippen molar-refractivity contribution in [2.45, 2.75) is 26.4 Å². The van der Waals surface area contributed by atoms with Gasteiger partial charge in [-0.05, 0) is 24.2 Å². The van der Waals surface area contributed by atoms with Crippen molar-refractivity contribution in [2.24, 2.45) is 5.92 Å². The second-order valence-electron chi connectivity index (χ2n) is 4.55. The number of rotatable bonds is 6. The van der Waals surface area contributed by atoms with Gasteiger partial charge in [-0.2, -0.15) is 13.2 Å². The van der Waals surface area contributed by atoms with E-state index >= 15 is 0 Å². The first kappa shape index (κ1) is 15.7. The Labute approximate surface area is 111 Å². The van der Waals surface area contributed by atoms with Crippen LogP contribution in [0.3, 0.4) is 0 Å². The van der Waals surface area contributed by atoms with Crippen LogP contribution in [0.25, 0.3) is 0 Å². The number of halogens is 3. The summed E-state index contributed by atoms with van der Waals surface area (Å²) in [6, 6.07) is 4.75. The molecule has 1 atom stereocenters. The SMILES string of the molecule is CCNCC(C)C(=O)Cc1ccc(C(F)(F)F)cc1. The van der Waals surface area contributed by atoms with Gasteiger partial charge in [0.25, 0.3) is 0 Å². The van der Waals surface area contributed by atoms with Crippen LogP contribution in [0.2, 0.25) is 0 Å². The van der Waals surface area contributed by atoms with E-state index < -0.39 is 11.7 Å². The molecule has 0 aliphatic heterocycles. The van der Waals surface area contributed by atoms with Crippen LogP contribution in [0.1, 0.15) is 25.0 Å². The lowest BCUT2D eigenvalue weighted by Gasteiger charge is -2.11. The number of Topliss-reactive ketones (excluding diaryl/α,β-unsaturated/α-hetero) is 1. The molecular weight excluding hydrogens is 255 g/mol. The smallest absolute Gasteiger partial charge is 0.316 e. The molecule has 1 unspecified atom stereocenters. The molecule has 0 saturated heterocycles. The van der Waals surface area contributed by atoms with Crippen molar-refractivity contribution in [3.63, 3.8) is 0 Å². The Morgan fingerprint density at radius 3 is 2.32 bits per heavy atom. The number of hydrogen-bond acceptors (Lipinski definition) is 2. The maximum atomic E-state index is 12.4. The average molecular weight is 273 g/mol. The fraction of sp³-hybridized carbons (Fsp3) is 0.500. The van der Waals surface area contributed by atoms with Gasteiger partial charge in [0.15, 0.2) is 0 Å². The van der Waals surface area contributed by atoms with E-state index in [-0.39, 0.29) is 18.1 Å². The van der Waals surface area contributed by atoms with Gasteiger partial charge in [0.1, 0.15) is 5.78 Å². The van der Waals surface area contributed by atoms with E-state index in [2.05, 4.69) is 5.32 Å². The van der Waals surface area contributed by atoms with E-state index in [0.29, 0.717) is 12.1 Å². The molecule has 0 aromatic heterocycles. The Morgan fingerprint density at radius 2 is 1.84 bits per heavy atom. The van der Waals surface area contributed by atoms with Crippen LogP contribution < -0.4 is 5.32 Å². The highest BCUT2D eigenvalue weighted by Gasteiger charge is 2.30. The highest BCUT2D eigenvalue weighted by molar-refractivity contribution is 5.83. The molecule has 0 saturated carbocycles. The van der Waals surface area contributed by atoms with Crippen LogP contribution >= 0.6 is 0 Å². The van der Waals surface area contributed by atoms with Crippen LogP contribution in [0.15, 0.2) is 24.3 Å². The summed E-state index contributed by atoms with van der Waals surface area (Å²) in [6.45, 7) is 5.15. The van der Waals surface area contributed by atoms with Gasteiger partial charge in [0.05, 0.1) is 5.56 Å². The third-order valence-electron chi connectivity index (χ3n) is 2.91. The lowest BCUT2D eigenvalue weighted by molar-refractivity contribution is -0.137. The topological polar surface area (TPSA) is 29.1 Å². The lowest BCUT2D eigenvalue weighted by Crippen LogP contribution is -2.27. The monoisotopic (exact) mass is 273 g/mol. The Balaban J connectivity index is 2.60. The number of ketones is 1. The maximum absolute atomic E-state index is 12.4. The highest BCUT2D eigenvalue weighted by Crippen LogP contribution is 2.29. The average Bonchev–Trinajstić information content (AvgIpc) is 2.35. The Hall–Kier alpha value is -1.36. The number of carbonyl (C=O) groups excluding carboxylic acids is 1. The van der Waals surface area contributed by atoms with Crippen molar-refractivity contribution in [3.05, 3.63) is 35.4 Å². The lowest BCUT2D eigenvalue weighted by atomic mass is 9.98. The van der Waals surface area contributed by atoms with Crippen LogP contribution in [0, 0.1) is 5.92 Å². The molecule has 0 fully saturated rings. The first-order chi connectivity index (χ1) is 8.84. The third-order valence-corrected chi connectivity index (χ3v) is 2.91. The summed E-state index contributed by atoms with van der Waals surface area (Å²) < 4.78 is 37.1. The van der Waals surface area contributed by atoms with E-state index in [1.54, 1.807) is 0 Å². The predicted molar refractivity (Wildman–Crippen MR) is 67.9 cm³/mol. The summed E-state index contributed by atoms with van der Waals surface area (Å²) in [5, 5.41) is 3.07. The molecule has 1 aromatic rings. The largest absolute Gasteiger partial charge is 0.416 e. The first-order valence-corrected chi connectivity index (χ1v) is 6.24. The van der Waals surface area contributed by atoms with Crippen molar-refractivity contribution >= 4 is 5.78 Å². The molecule has 0 spiro atoms. The minimum Gasteiger partial charge on any atom is -0.316 e. The Morgan fingerprint density at radius 1 is 1.26 bits per heavy atom. The van der Waals surface area contributed by atoms with Gasteiger partial charge in [-0.15, -0.1) is 0 Å². The number of alkyl halides is 3. The van der Waals surface area contributed by atoms with Crippen LogP contribution in [0.5, 0.6) is 0 Å². The maximum Gasteiger partial charge on any atom is 0.416 e. The molecule has 5 heteroatoms. The van der Waals surface area contributed by atoms with E-state index in [1.807, 2.05) is 13.8 Å². The molecule has 0 aliphatic rings. The predicted octanol–water partition coefficient (Wildman–Crippen LogP) is 3.06. The van der Waals surface area contributed by atoms with Gasteiger partial charge in [0.2, 0.25) is 0 Å². The summed E-state index contributed by atoms with van der Waals surface area (Å²) in [5.74, 6) is -0.108. The quantitative estimate of drug-likeness (QED) is 0.863. The van der Waals surface area contributed by atoms with Gasteiger partial charge in [-0.3, -0.25) is 4.79 Å². The van der Waals surface area contributed by atoms with Gasteiger partial charge in [-0.25, -0.2) is 0 Å². The van der Waals surface area contributed by atoms with E-state index in [0.717, 1.165) is 18.7 Å². The zero-order chi connectivity index (χ0) is 14.5. The first-order valence-electron chi connectivity index (χ1n) is 6.24. The fourth-order valence-corrected chi connectivity index (χ4v) is 1.66. The highest BCUT2D eigenvalue weighted by atomic mass is 19.4. The summed E-state index contributed by atoms with van der Waals surface area (Å²) >= 11 is 0. The molecule has 2 nitrogen and oxygen atoms in total. The van der Waals surface area contributed by atoms with E-state index in [4.69, 9.17) is 0 Å². The molecule has 0 aliphatic carbocycles. The van der Waals surface area contributed by atoms with Gasteiger partial charge in [-0.1, -0.05) is 26.0 Å². The number of carbonyl (C=O) groups is 1. The Bertz CT molecular complexity index is 412. The van der Waals surface area contributed by atoms with Crippen molar-refractivity contribution in [1.82, 2.24) is 5.32 Å². The van der Waals surface area contributed by atoms with Gasteiger partial charge in [0, 0.05) is 18.9 Å². The molecule has 0 heterocycles. The minimum absolute atomic E-state index is 0.0284. The third kappa shape index (κ3) is 5.03. The van der Waals surface area contributed by atoms with Crippen molar-refractivity contribution in [3.8, 4) is 0 Å². The number of benzene rings is 1. The minimum atomic E-state index is -4.33. The number of nitrogens with one attached hydrogen (secondary N) is 1. The van der Waals surface area contributed by atoms with Crippen LogP contribution in [0.4, 0.5) is 13.2 Å². The summed E-state index contributed by atoms with van der Waals surface area (Å²) in [4.78, 5) is 11.8. The summed E-state index contributed by atoms with van der Waals surface area (Å²) in [6.07, 6.45) is -4.16. The molecule has 0 bridgehead atoms. The fourth-order valence-electron chi connectivity index (χ4n) is 1.66. The summed E-state index contributed by atoms with van der Waals surface area (Å²) in [5.41, 5.74) is -0.0780. The van der Waals surface area contributed by atoms with Gasteiger partial charge >= 0.3 is 6.18 Å². The van der Waals surface area contributed by atoms with Crippen molar-refractivity contribution < 1.29 is 18.0 Å². The zero-order valence-electron chi connectivity index (χ0n) is 11.1. The van der Waals surface area contributed by atoms with Crippen LogP contribution in [-0.4, -0.2) is 18.9 Å². The molecule has 0 radical (unpaired) electrons.